The van der Waals surface area contributed by atoms with Crippen LogP contribution in [0, 0.1) is 17.3 Å². The molecule has 10 heteroatoms. The third-order valence-electron chi connectivity index (χ3n) is 9.12. The van der Waals surface area contributed by atoms with Crippen molar-refractivity contribution in [2.75, 3.05) is 20.2 Å². The van der Waals surface area contributed by atoms with Crippen molar-refractivity contribution in [1.82, 2.24) is 9.80 Å². The molecule has 2 amide bonds. The van der Waals surface area contributed by atoms with Gasteiger partial charge in [-0.1, -0.05) is 74.5 Å². The molecule has 1 fully saturated rings. The maximum atomic E-state index is 14.8. The number of aliphatic carboxylic acids is 1. The van der Waals surface area contributed by atoms with E-state index >= 15 is 0 Å². The topological polar surface area (TPSA) is 123 Å². The molecule has 10 nitrogen and oxygen atoms in total. The number of esters is 1. The van der Waals surface area contributed by atoms with Gasteiger partial charge in [0.2, 0.25) is 11.8 Å². The molecule has 1 saturated carbocycles. The van der Waals surface area contributed by atoms with Gasteiger partial charge in [0.05, 0.1) is 18.9 Å². The van der Waals surface area contributed by atoms with Gasteiger partial charge in [-0.05, 0) is 78.9 Å². The second-order valence-electron chi connectivity index (χ2n) is 12.7. The van der Waals surface area contributed by atoms with Gasteiger partial charge < -0.3 is 29.1 Å². The first kappa shape index (κ1) is 36.6. The summed E-state index contributed by atoms with van der Waals surface area (Å²) in [5.41, 5.74) is -0.383. The Hall–Kier alpha value is -5.64. The highest BCUT2D eigenvalue weighted by Crippen LogP contribution is 2.54. The lowest BCUT2D eigenvalue weighted by atomic mass is 9.52. The first-order valence-electron chi connectivity index (χ1n) is 17.2. The molecule has 4 aromatic rings. The molecule has 1 aliphatic rings. The number of rotatable bonds is 16. The van der Waals surface area contributed by atoms with Crippen LogP contribution in [0.15, 0.2) is 109 Å². The summed E-state index contributed by atoms with van der Waals surface area (Å²) in [4.78, 5) is 58.4. The number of methoxy groups -OCH3 is 1. The minimum absolute atomic E-state index is 0.148. The number of amides is 2. The molecule has 0 radical (unpaired) electrons. The number of hydrogen-bond acceptors (Lipinski definition) is 7. The van der Waals surface area contributed by atoms with Crippen molar-refractivity contribution in [3.05, 3.63) is 120 Å². The number of nitrogens with zero attached hydrogens (tertiary/aromatic N) is 2. The van der Waals surface area contributed by atoms with Crippen LogP contribution < -0.4 is 9.47 Å². The molecule has 0 aromatic heterocycles. The molecule has 4 aromatic carbocycles. The van der Waals surface area contributed by atoms with Gasteiger partial charge in [0.25, 0.3) is 0 Å². The van der Waals surface area contributed by atoms with E-state index in [9.17, 15) is 24.3 Å². The number of carboxylic acids is 1. The second-order valence-corrected chi connectivity index (χ2v) is 12.7. The molecule has 0 saturated heterocycles. The molecule has 51 heavy (non-hydrogen) atoms. The first-order chi connectivity index (χ1) is 24.7. The molecule has 0 bridgehead atoms. The maximum absolute atomic E-state index is 14.8. The monoisotopic (exact) mass is 692 g/mol. The van der Waals surface area contributed by atoms with Crippen LogP contribution in [0.5, 0.6) is 23.0 Å². The fraction of sp³-hybridized carbons (Fsp3) is 0.317. The SMILES string of the molecule is CCCN(Cc1ccc(Oc2ccccc2)cc1)C(=O)C1(C(=O)N(CCC)Cc2ccc(Oc3ccccc3)cc2)CC(C(=O)O)C1C(=O)OC. The van der Waals surface area contributed by atoms with Gasteiger partial charge in [-0.15, -0.1) is 0 Å². The molecule has 266 valence electrons. The number of carbonyl (C=O) groups excluding carboxylic acids is 3. The highest BCUT2D eigenvalue weighted by atomic mass is 16.5. The highest BCUT2D eigenvalue weighted by molar-refractivity contribution is 6.11. The standard InChI is InChI=1S/C41H44N2O8/c1-4-24-42(27-29-16-20-33(21-17-29)50-31-12-8-6-9-13-31)39(47)41(26-35(37(44)45)36(41)38(46)49-3)40(48)43(25-5-2)28-30-18-22-34(23-19-30)51-32-14-10-7-11-15-32/h6-23,35-36H,4-5,24-28H2,1-3H3,(H,44,45). The Bertz CT molecular complexity index is 1670. The minimum Gasteiger partial charge on any atom is -0.481 e. The van der Waals surface area contributed by atoms with Gasteiger partial charge in [-0.3, -0.25) is 19.2 Å². The van der Waals surface area contributed by atoms with Crippen LogP contribution in [0.3, 0.4) is 0 Å². The minimum atomic E-state index is -1.95. The Morgan fingerprint density at radius 1 is 0.647 bits per heavy atom. The van der Waals surface area contributed by atoms with Gasteiger partial charge in [0.15, 0.2) is 0 Å². The van der Waals surface area contributed by atoms with Crippen LogP contribution in [0.25, 0.3) is 0 Å². The third kappa shape index (κ3) is 8.40. The van der Waals surface area contributed by atoms with Crippen molar-refractivity contribution < 1.29 is 38.5 Å². The van der Waals surface area contributed by atoms with Gasteiger partial charge >= 0.3 is 11.9 Å². The summed E-state index contributed by atoms with van der Waals surface area (Å²) >= 11 is 0. The molecule has 1 aliphatic carbocycles. The number of para-hydroxylation sites is 2. The molecule has 0 spiro atoms. The zero-order valence-electron chi connectivity index (χ0n) is 29.2. The van der Waals surface area contributed by atoms with Crippen LogP contribution in [-0.2, 0) is 37.0 Å². The fourth-order valence-corrected chi connectivity index (χ4v) is 6.65. The first-order valence-corrected chi connectivity index (χ1v) is 17.2. The Balaban J connectivity index is 1.43. The molecular weight excluding hydrogens is 648 g/mol. The average molecular weight is 693 g/mol. The van der Waals surface area contributed by atoms with E-state index in [0.717, 1.165) is 18.2 Å². The smallest absolute Gasteiger partial charge is 0.311 e. The Kier molecular flexibility index (Phi) is 12.1. The zero-order valence-corrected chi connectivity index (χ0v) is 29.2. The summed E-state index contributed by atoms with van der Waals surface area (Å²) in [5, 5.41) is 10.1. The van der Waals surface area contributed by atoms with Crippen molar-refractivity contribution in [2.24, 2.45) is 17.3 Å². The lowest BCUT2D eigenvalue weighted by molar-refractivity contribution is -0.195. The predicted molar refractivity (Wildman–Crippen MR) is 191 cm³/mol. The quantitative estimate of drug-likeness (QED) is 0.0957. The maximum Gasteiger partial charge on any atom is 0.311 e. The summed E-state index contributed by atoms with van der Waals surface area (Å²) in [5.74, 6) is -3.44. The molecule has 0 heterocycles. The zero-order chi connectivity index (χ0) is 36.4. The van der Waals surface area contributed by atoms with Crippen molar-refractivity contribution in [3.8, 4) is 23.0 Å². The normalized spacial score (nSPS) is 15.9. The molecule has 2 unspecified atom stereocenters. The number of ether oxygens (including phenoxy) is 3. The van der Waals surface area contributed by atoms with Gasteiger partial charge in [-0.2, -0.15) is 0 Å². The molecule has 0 aliphatic heterocycles. The predicted octanol–water partition coefficient (Wildman–Crippen LogP) is 7.33. The van der Waals surface area contributed by atoms with Crippen molar-refractivity contribution in [2.45, 2.75) is 46.2 Å². The number of carboxylic acid groups (broad SMARTS) is 1. The van der Waals surface area contributed by atoms with E-state index in [4.69, 9.17) is 14.2 Å². The van der Waals surface area contributed by atoms with E-state index < -0.39 is 41.0 Å². The largest absolute Gasteiger partial charge is 0.481 e. The lowest BCUT2D eigenvalue weighted by Crippen LogP contribution is -2.68. The molecule has 5 rings (SSSR count). The van der Waals surface area contributed by atoms with Gasteiger partial charge in [0.1, 0.15) is 28.4 Å². The second kappa shape index (κ2) is 16.8. The summed E-state index contributed by atoms with van der Waals surface area (Å²) in [6.45, 7) is 4.71. The fourth-order valence-electron chi connectivity index (χ4n) is 6.65. The number of carbonyl (C=O) groups is 4. The summed E-state index contributed by atoms with van der Waals surface area (Å²) < 4.78 is 16.9. The summed E-state index contributed by atoms with van der Waals surface area (Å²) in [6, 6.07) is 33.3. The Labute approximate surface area is 298 Å². The molecular formula is C41H44N2O8. The molecule has 1 N–H and O–H groups in total. The number of hydrogen-bond donors (Lipinski definition) is 1. The van der Waals surface area contributed by atoms with E-state index in [1.807, 2.05) is 98.8 Å². The highest BCUT2D eigenvalue weighted by Gasteiger charge is 2.70. The third-order valence-corrected chi connectivity index (χ3v) is 9.12. The van der Waals surface area contributed by atoms with Crippen molar-refractivity contribution in [3.63, 3.8) is 0 Å². The molecule has 2 atom stereocenters. The average Bonchev–Trinajstić information content (AvgIpc) is 3.13. The van der Waals surface area contributed by atoms with Crippen LogP contribution in [0.2, 0.25) is 0 Å². The van der Waals surface area contributed by atoms with Gasteiger partial charge in [0, 0.05) is 26.2 Å². The van der Waals surface area contributed by atoms with E-state index in [1.54, 1.807) is 34.1 Å². The van der Waals surface area contributed by atoms with Crippen molar-refractivity contribution in [1.29, 1.82) is 0 Å². The van der Waals surface area contributed by atoms with E-state index in [0.29, 0.717) is 48.9 Å². The Morgan fingerprint density at radius 3 is 1.39 bits per heavy atom. The van der Waals surface area contributed by atoms with Crippen LogP contribution in [0.1, 0.15) is 44.2 Å². The van der Waals surface area contributed by atoms with Crippen LogP contribution in [0.4, 0.5) is 0 Å². The summed E-state index contributed by atoms with van der Waals surface area (Å²) in [7, 11) is 1.14. The lowest BCUT2D eigenvalue weighted by Gasteiger charge is -2.52. The van der Waals surface area contributed by atoms with E-state index in [2.05, 4.69) is 0 Å². The summed E-state index contributed by atoms with van der Waals surface area (Å²) in [6.07, 6.45) is 0.840. The van der Waals surface area contributed by atoms with Crippen LogP contribution in [-0.4, -0.2) is 58.9 Å². The Morgan fingerprint density at radius 2 is 1.04 bits per heavy atom. The van der Waals surface area contributed by atoms with E-state index in [1.165, 1.54) is 0 Å². The van der Waals surface area contributed by atoms with Gasteiger partial charge in [-0.25, -0.2) is 0 Å². The van der Waals surface area contributed by atoms with Crippen LogP contribution >= 0.6 is 0 Å². The van der Waals surface area contributed by atoms with E-state index in [-0.39, 0.29) is 19.5 Å². The van der Waals surface area contributed by atoms with Crippen molar-refractivity contribution >= 4 is 23.8 Å². The number of benzene rings is 4.